The number of nitrogens with zero attached hydrogens (tertiary/aromatic N) is 3. The molecule has 1 aromatic rings. The van der Waals surface area contributed by atoms with E-state index < -0.39 is 0 Å². The van der Waals surface area contributed by atoms with E-state index >= 15 is 0 Å². The van der Waals surface area contributed by atoms with Crippen LogP contribution in [0.4, 0.5) is 5.69 Å². The van der Waals surface area contributed by atoms with Crippen molar-refractivity contribution in [2.24, 2.45) is 4.99 Å². The summed E-state index contributed by atoms with van der Waals surface area (Å²) in [5, 5.41) is 0.656. The molecule has 0 aromatic heterocycles. The van der Waals surface area contributed by atoms with Gasteiger partial charge in [-0.3, -0.25) is 9.59 Å². The van der Waals surface area contributed by atoms with Crippen LogP contribution in [0.3, 0.4) is 0 Å². The SMILES string of the molecule is C=CCN1C(=O)C(=C2SC(N3CCOCC3)=NC2=O)c2ccccc21. The number of ether oxygens (including phenoxy) is 1. The molecule has 0 N–H and O–H groups in total. The van der Waals surface area contributed by atoms with Gasteiger partial charge in [0.15, 0.2) is 5.17 Å². The van der Waals surface area contributed by atoms with Crippen LogP contribution >= 0.6 is 11.8 Å². The van der Waals surface area contributed by atoms with Crippen molar-refractivity contribution in [1.82, 2.24) is 4.90 Å². The first kappa shape index (κ1) is 16.1. The number of rotatable bonds is 2. The van der Waals surface area contributed by atoms with Gasteiger partial charge in [-0.05, 0) is 17.8 Å². The van der Waals surface area contributed by atoms with E-state index in [1.807, 2.05) is 29.2 Å². The van der Waals surface area contributed by atoms with Gasteiger partial charge in [0.25, 0.3) is 11.8 Å². The Labute approximate surface area is 149 Å². The standard InChI is InChI=1S/C18H17N3O3S/c1-2-7-21-13-6-4-3-5-12(13)14(17(21)23)15-16(22)19-18(25-15)20-8-10-24-11-9-20/h2-6H,1,7-11H2. The summed E-state index contributed by atoms with van der Waals surface area (Å²) in [6.07, 6.45) is 1.68. The van der Waals surface area contributed by atoms with Crippen LogP contribution in [0.1, 0.15) is 5.56 Å². The molecule has 3 heterocycles. The molecule has 25 heavy (non-hydrogen) atoms. The number of carbonyl (C=O) groups excluding carboxylic acids is 2. The molecule has 0 unspecified atom stereocenters. The van der Waals surface area contributed by atoms with Crippen LogP contribution in [0, 0.1) is 0 Å². The van der Waals surface area contributed by atoms with Gasteiger partial charge in [0.1, 0.15) is 0 Å². The Bertz CT molecular complexity index is 825. The molecule has 1 aromatic carbocycles. The predicted octanol–water partition coefficient (Wildman–Crippen LogP) is 1.89. The van der Waals surface area contributed by atoms with Crippen molar-refractivity contribution < 1.29 is 14.3 Å². The summed E-state index contributed by atoms with van der Waals surface area (Å²) >= 11 is 1.29. The Morgan fingerprint density at radius 3 is 2.76 bits per heavy atom. The fraction of sp³-hybridized carbons (Fsp3) is 0.278. The van der Waals surface area contributed by atoms with Crippen LogP contribution < -0.4 is 4.90 Å². The van der Waals surface area contributed by atoms with Crippen LogP contribution in [-0.2, 0) is 14.3 Å². The number of morpholine rings is 1. The molecule has 3 aliphatic rings. The highest BCUT2D eigenvalue weighted by molar-refractivity contribution is 8.18. The molecule has 0 spiro atoms. The van der Waals surface area contributed by atoms with Gasteiger partial charge in [0, 0.05) is 25.2 Å². The predicted molar refractivity (Wildman–Crippen MR) is 98.3 cm³/mol. The van der Waals surface area contributed by atoms with Crippen LogP contribution in [0.5, 0.6) is 0 Å². The Hall–Kier alpha value is -2.38. The molecule has 1 saturated heterocycles. The maximum atomic E-state index is 12.9. The zero-order chi connectivity index (χ0) is 17.4. The normalized spacial score (nSPS) is 23.1. The number of thioether (sulfide) groups is 1. The zero-order valence-corrected chi connectivity index (χ0v) is 14.4. The van der Waals surface area contributed by atoms with Crippen molar-refractivity contribution in [3.63, 3.8) is 0 Å². The van der Waals surface area contributed by atoms with Crippen molar-refractivity contribution in [1.29, 1.82) is 0 Å². The topological polar surface area (TPSA) is 62.2 Å². The second kappa shape index (κ2) is 6.50. The van der Waals surface area contributed by atoms with Crippen molar-refractivity contribution in [3.05, 3.63) is 47.4 Å². The molecule has 1 fully saturated rings. The van der Waals surface area contributed by atoms with E-state index in [1.165, 1.54) is 11.8 Å². The summed E-state index contributed by atoms with van der Waals surface area (Å²) in [7, 11) is 0. The number of hydrogen-bond acceptors (Lipinski definition) is 5. The van der Waals surface area contributed by atoms with Gasteiger partial charge in [-0.25, -0.2) is 0 Å². The van der Waals surface area contributed by atoms with Crippen molar-refractivity contribution in [2.45, 2.75) is 0 Å². The molecule has 0 aliphatic carbocycles. The van der Waals surface area contributed by atoms with E-state index in [2.05, 4.69) is 11.6 Å². The van der Waals surface area contributed by atoms with E-state index in [4.69, 9.17) is 4.74 Å². The van der Waals surface area contributed by atoms with Crippen LogP contribution in [-0.4, -0.2) is 54.7 Å². The van der Waals surface area contributed by atoms with Gasteiger partial charge in [-0.1, -0.05) is 24.3 Å². The smallest absolute Gasteiger partial charge is 0.287 e. The summed E-state index contributed by atoms with van der Waals surface area (Å²) in [6, 6.07) is 7.52. The zero-order valence-electron chi connectivity index (χ0n) is 13.6. The van der Waals surface area contributed by atoms with Crippen molar-refractivity contribution in [3.8, 4) is 0 Å². The number of carbonyl (C=O) groups is 2. The van der Waals surface area contributed by atoms with Gasteiger partial charge in [0.05, 0.1) is 29.4 Å². The lowest BCUT2D eigenvalue weighted by atomic mass is 10.1. The fourth-order valence-electron chi connectivity index (χ4n) is 3.15. The molecule has 0 saturated carbocycles. The minimum Gasteiger partial charge on any atom is -0.378 e. The number of benzene rings is 1. The number of amidine groups is 1. The number of amides is 2. The monoisotopic (exact) mass is 355 g/mol. The lowest BCUT2D eigenvalue weighted by Gasteiger charge is -2.27. The third-order valence-electron chi connectivity index (χ3n) is 4.33. The second-order valence-electron chi connectivity index (χ2n) is 5.83. The summed E-state index contributed by atoms with van der Waals surface area (Å²) in [5.74, 6) is -0.513. The van der Waals surface area contributed by atoms with E-state index in [-0.39, 0.29) is 11.8 Å². The molecular weight excluding hydrogens is 338 g/mol. The Morgan fingerprint density at radius 2 is 2.00 bits per heavy atom. The quantitative estimate of drug-likeness (QED) is 0.599. The molecule has 0 bridgehead atoms. The average molecular weight is 355 g/mol. The van der Waals surface area contributed by atoms with Gasteiger partial charge in [0.2, 0.25) is 0 Å². The lowest BCUT2D eigenvalue weighted by molar-refractivity contribution is -0.115. The average Bonchev–Trinajstić information content (AvgIpc) is 3.14. The van der Waals surface area contributed by atoms with Crippen LogP contribution in [0.25, 0.3) is 5.57 Å². The number of hydrogen-bond donors (Lipinski definition) is 0. The molecule has 2 amide bonds. The molecule has 0 radical (unpaired) electrons. The molecule has 4 rings (SSSR count). The van der Waals surface area contributed by atoms with Gasteiger partial charge >= 0.3 is 0 Å². The first-order chi connectivity index (χ1) is 12.2. The van der Waals surface area contributed by atoms with Crippen LogP contribution in [0.2, 0.25) is 0 Å². The third-order valence-corrected chi connectivity index (χ3v) is 5.44. The van der Waals surface area contributed by atoms with Gasteiger partial charge < -0.3 is 14.5 Å². The summed E-state index contributed by atoms with van der Waals surface area (Å²) in [5.41, 5.74) is 2.03. The first-order valence-corrected chi connectivity index (χ1v) is 8.92. The molecule has 128 valence electrons. The summed E-state index contributed by atoms with van der Waals surface area (Å²) in [6.45, 7) is 6.77. The molecule has 0 atom stereocenters. The fourth-order valence-corrected chi connectivity index (χ4v) is 4.21. The van der Waals surface area contributed by atoms with Crippen LogP contribution in [0.15, 0.2) is 46.8 Å². The highest BCUT2D eigenvalue weighted by Gasteiger charge is 2.39. The minimum absolute atomic E-state index is 0.171. The lowest BCUT2D eigenvalue weighted by Crippen LogP contribution is -2.38. The summed E-state index contributed by atoms with van der Waals surface area (Å²) in [4.78, 5) is 33.7. The molecular formula is C18H17N3O3S. The Kier molecular flexibility index (Phi) is 4.19. The van der Waals surface area contributed by atoms with Crippen molar-refractivity contribution in [2.75, 3.05) is 37.7 Å². The van der Waals surface area contributed by atoms with E-state index in [0.717, 1.165) is 11.3 Å². The second-order valence-corrected chi connectivity index (χ2v) is 6.80. The molecule has 6 nitrogen and oxygen atoms in total. The van der Waals surface area contributed by atoms with E-state index in [0.29, 0.717) is 48.5 Å². The largest absolute Gasteiger partial charge is 0.378 e. The maximum Gasteiger partial charge on any atom is 0.287 e. The molecule has 3 aliphatic heterocycles. The number of aliphatic imine (C=N–C) groups is 1. The highest BCUT2D eigenvalue weighted by Crippen LogP contribution is 2.43. The summed E-state index contributed by atoms with van der Waals surface area (Å²) < 4.78 is 5.34. The minimum atomic E-state index is -0.343. The Morgan fingerprint density at radius 1 is 1.24 bits per heavy atom. The van der Waals surface area contributed by atoms with E-state index in [9.17, 15) is 9.59 Å². The maximum absolute atomic E-state index is 12.9. The molecule has 7 heteroatoms. The third kappa shape index (κ3) is 2.69. The number of fused-ring (bicyclic) bond motifs is 1. The highest BCUT2D eigenvalue weighted by atomic mass is 32.2. The number of para-hydroxylation sites is 1. The first-order valence-electron chi connectivity index (χ1n) is 8.10. The van der Waals surface area contributed by atoms with Gasteiger partial charge in [-0.15, -0.1) is 6.58 Å². The van der Waals surface area contributed by atoms with Crippen molar-refractivity contribution >= 4 is 40.0 Å². The Balaban J connectivity index is 1.72. The van der Waals surface area contributed by atoms with E-state index in [1.54, 1.807) is 11.0 Å². The number of anilines is 1. The van der Waals surface area contributed by atoms with Gasteiger partial charge in [-0.2, -0.15) is 4.99 Å².